The summed E-state index contributed by atoms with van der Waals surface area (Å²) < 4.78 is 25.7. The molecule has 1 fully saturated rings. The SMILES string of the molecule is CC.C[C@H]1CN(c2cccc3cc(S(=O)(=O)c4ccccc4)cnc23)CCN1. The lowest BCUT2D eigenvalue weighted by atomic mass is 10.1. The molecule has 5 nitrogen and oxygen atoms in total. The number of rotatable bonds is 3. The highest BCUT2D eigenvalue weighted by molar-refractivity contribution is 7.91. The number of hydrogen-bond donors (Lipinski definition) is 1. The molecule has 1 atom stereocenters. The van der Waals surface area contributed by atoms with Crippen LogP contribution in [0.2, 0.25) is 0 Å². The van der Waals surface area contributed by atoms with E-state index in [9.17, 15) is 8.42 Å². The van der Waals surface area contributed by atoms with Crippen molar-refractivity contribution in [2.75, 3.05) is 24.5 Å². The largest absolute Gasteiger partial charge is 0.367 e. The van der Waals surface area contributed by atoms with Gasteiger partial charge in [-0.15, -0.1) is 0 Å². The van der Waals surface area contributed by atoms with Gasteiger partial charge in [0.1, 0.15) is 0 Å². The average Bonchev–Trinajstić information content (AvgIpc) is 2.75. The first-order chi connectivity index (χ1) is 13.6. The Hall–Kier alpha value is -2.44. The van der Waals surface area contributed by atoms with Crippen molar-refractivity contribution in [3.63, 3.8) is 0 Å². The van der Waals surface area contributed by atoms with E-state index < -0.39 is 9.84 Å². The molecule has 2 aromatic carbocycles. The number of nitrogens with zero attached hydrogens (tertiary/aromatic N) is 2. The van der Waals surface area contributed by atoms with Gasteiger partial charge in [0.05, 0.1) is 21.0 Å². The van der Waals surface area contributed by atoms with Crippen LogP contribution < -0.4 is 10.2 Å². The standard InChI is InChI=1S/C20H21N3O2S.C2H6/c1-15-14-23(11-10-21-15)19-9-5-6-16-12-18(13-22-20(16)19)26(24,25)17-7-3-2-4-8-17;1-2/h2-9,12-13,15,21H,10-11,14H2,1H3;1-2H3/t15-;/m0./s1. The summed E-state index contributed by atoms with van der Waals surface area (Å²) in [5.41, 5.74) is 1.90. The highest BCUT2D eigenvalue weighted by Crippen LogP contribution is 2.29. The molecule has 28 heavy (non-hydrogen) atoms. The first-order valence-corrected chi connectivity index (χ1v) is 11.2. The lowest BCUT2D eigenvalue weighted by Gasteiger charge is -2.34. The van der Waals surface area contributed by atoms with E-state index in [4.69, 9.17) is 0 Å². The van der Waals surface area contributed by atoms with Gasteiger partial charge in [-0.2, -0.15) is 0 Å². The molecule has 1 aliphatic heterocycles. The molecule has 2 heterocycles. The van der Waals surface area contributed by atoms with Gasteiger partial charge in [0.15, 0.2) is 0 Å². The minimum atomic E-state index is -3.56. The zero-order valence-corrected chi connectivity index (χ0v) is 17.4. The molecule has 4 rings (SSSR count). The van der Waals surface area contributed by atoms with E-state index in [2.05, 4.69) is 28.2 Å². The Kier molecular flexibility index (Phi) is 6.31. The monoisotopic (exact) mass is 397 g/mol. The average molecular weight is 398 g/mol. The number of anilines is 1. The number of benzene rings is 2. The molecule has 0 amide bonds. The van der Waals surface area contributed by atoms with E-state index in [-0.39, 0.29) is 9.79 Å². The predicted molar refractivity (Wildman–Crippen MR) is 115 cm³/mol. The van der Waals surface area contributed by atoms with Crippen molar-refractivity contribution in [2.24, 2.45) is 0 Å². The number of sulfone groups is 1. The number of aromatic nitrogens is 1. The summed E-state index contributed by atoms with van der Waals surface area (Å²) in [4.78, 5) is 7.35. The Labute approximate surface area is 167 Å². The van der Waals surface area contributed by atoms with Gasteiger partial charge >= 0.3 is 0 Å². The molecule has 1 aliphatic rings. The Bertz CT molecular complexity index is 1040. The lowest BCUT2D eigenvalue weighted by Crippen LogP contribution is -2.49. The van der Waals surface area contributed by atoms with Crippen molar-refractivity contribution in [3.05, 3.63) is 60.8 Å². The minimum Gasteiger partial charge on any atom is -0.367 e. The number of fused-ring (bicyclic) bond motifs is 1. The van der Waals surface area contributed by atoms with Gasteiger partial charge in [0.25, 0.3) is 0 Å². The van der Waals surface area contributed by atoms with Crippen LogP contribution in [0, 0.1) is 0 Å². The van der Waals surface area contributed by atoms with Crippen LogP contribution in [0.5, 0.6) is 0 Å². The molecule has 1 N–H and O–H groups in total. The molecule has 1 aromatic heterocycles. The third-order valence-electron chi connectivity index (χ3n) is 4.74. The Morgan fingerprint density at radius 1 is 1.04 bits per heavy atom. The van der Waals surface area contributed by atoms with Crippen LogP contribution in [0.4, 0.5) is 5.69 Å². The van der Waals surface area contributed by atoms with E-state index in [0.717, 1.165) is 36.2 Å². The molecular weight excluding hydrogens is 370 g/mol. The summed E-state index contributed by atoms with van der Waals surface area (Å²) >= 11 is 0. The summed E-state index contributed by atoms with van der Waals surface area (Å²) in [7, 11) is -3.56. The van der Waals surface area contributed by atoms with E-state index in [1.54, 1.807) is 36.4 Å². The molecule has 148 valence electrons. The maximum Gasteiger partial charge on any atom is 0.208 e. The van der Waals surface area contributed by atoms with Crippen LogP contribution in [-0.4, -0.2) is 39.1 Å². The smallest absolute Gasteiger partial charge is 0.208 e. The summed E-state index contributed by atoms with van der Waals surface area (Å²) in [6, 6.07) is 16.5. The van der Waals surface area contributed by atoms with Crippen molar-refractivity contribution >= 4 is 26.4 Å². The Morgan fingerprint density at radius 3 is 2.50 bits per heavy atom. The molecule has 0 spiro atoms. The summed E-state index contributed by atoms with van der Waals surface area (Å²) in [5, 5.41) is 4.27. The first-order valence-electron chi connectivity index (χ1n) is 9.73. The number of para-hydroxylation sites is 1. The fraction of sp³-hybridized carbons (Fsp3) is 0.318. The Morgan fingerprint density at radius 2 is 1.79 bits per heavy atom. The topological polar surface area (TPSA) is 62.3 Å². The van der Waals surface area contributed by atoms with E-state index in [1.807, 2.05) is 26.0 Å². The number of piperazine rings is 1. The van der Waals surface area contributed by atoms with E-state index >= 15 is 0 Å². The van der Waals surface area contributed by atoms with Crippen LogP contribution >= 0.6 is 0 Å². The van der Waals surface area contributed by atoms with E-state index in [1.165, 1.54) is 6.20 Å². The highest BCUT2D eigenvalue weighted by atomic mass is 32.2. The minimum absolute atomic E-state index is 0.224. The summed E-state index contributed by atoms with van der Waals surface area (Å²) in [5.74, 6) is 0. The molecule has 0 unspecified atom stereocenters. The number of pyridine rings is 1. The molecule has 3 aromatic rings. The highest BCUT2D eigenvalue weighted by Gasteiger charge is 2.21. The van der Waals surface area contributed by atoms with Crippen LogP contribution in [0.25, 0.3) is 10.9 Å². The summed E-state index contributed by atoms with van der Waals surface area (Å²) in [6.45, 7) is 8.91. The normalized spacial score (nSPS) is 17.1. The number of nitrogens with one attached hydrogen (secondary N) is 1. The van der Waals surface area contributed by atoms with Crippen molar-refractivity contribution in [1.82, 2.24) is 10.3 Å². The molecule has 6 heteroatoms. The molecular formula is C22H27N3O2S. The second kappa shape index (κ2) is 8.71. The maximum atomic E-state index is 12.8. The zero-order chi connectivity index (χ0) is 20.1. The maximum absolute atomic E-state index is 12.8. The van der Waals surface area contributed by atoms with Crippen LogP contribution in [-0.2, 0) is 9.84 Å². The first kappa shape index (κ1) is 20.3. The molecule has 0 saturated carbocycles. The molecule has 0 radical (unpaired) electrons. The second-order valence-electron chi connectivity index (χ2n) is 6.64. The lowest BCUT2D eigenvalue weighted by molar-refractivity contribution is 0.485. The van der Waals surface area contributed by atoms with E-state index in [0.29, 0.717) is 6.04 Å². The van der Waals surface area contributed by atoms with Crippen LogP contribution in [0.15, 0.2) is 70.6 Å². The third kappa shape index (κ3) is 4.03. The Balaban J connectivity index is 0.00000109. The van der Waals surface area contributed by atoms with Gasteiger partial charge in [-0.1, -0.05) is 44.2 Å². The fourth-order valence-electron chi connectivity index (χ4n) is 3.41. The van der Waals surface area contributed by atoms with Crippen molar-refractivity contribution < 1.29 is 8.42 Å². The predicted octanol–water partition coefficient (Wildman–Crippen LogP) is 3.89. The van der Waals surface area contributed by atoms with Gasteiger partial charge < -0.3 is 10.2 Å². The summed E-state index contributed by atoms with van der Waals surface area (Å²) in [6.07, 6.45) is 1.47. The van der Waals surface area contributed by atoms with Crippen LogP contribution in [0.1, 0.15) is 20.8 Å². The third-order valence-corrected chi connectivity index (χ3v) is 6.47. The van der Waals surface area contributed by atoms with Gasteiger partial charge in [0, 0.05) is 37.3 Å². The van der Waals surface area contributed by atoms with Gasteiger partial charge in [-0.25, -0.2) is 8.42 Å². The quantitative estimate of drug-likeness (QED) is 0.726. The second-order valence-corrected chi connectivity index (χ2v) is 8.59. The zero-order valence-electron chi connectivity index (χ0n) is 16.6. The number of hydrogen-bond acceptors (Lipinski definition) is 5. The van der Waals surface area contributed by atoms with Gasteiger partial charge in [0.2, 0.25) is 9.84 Å². The van der Waals surface area contributed by atoms with Gasteiger partial charge in [-0.05, 0) is 31.2 Å². The van der Waals surface area contributed by atoms with Crippen molar-refractivity contribution in [2.45, 2.75) is 36.6 Å². The van der Waals surface area contributed by atoms with Crippen molar-refractivity contribution in [1.29, 1.82) is 0 Å². The van der Waals surface area contributed by atoms with Crippen LogP contribution in [0.3, 0.4) is 0 Å². The molecule has 1 saturated heterocycles. The molecule has 0 bridgehead atoms. The molecule has 0 aliphatic carbocycles. The fourth-order valence-corrected chi connectivity index (χ4v) is 4.67. The van der Waals surface area contributed by atoms with Gasteiger partial charge in [-0.3, -0.25) is 4.98 Å². The van der Waals surface area contributed by atoms with Crippen molar-refractivity contribution in [3.8, 4) is 0 Å².